The summed E-state index contributed by atoms with van der Waals surface area (Å²) in [4.78, 5) is 13.1. The smallest absolute Gasteiger partial charge is 0.0242 e. The van der Waals surface area contributed by atoms with E-state index in [1.165, 1.54) is 27.8 Å². The molecule has 2 aromatic carbocycles. The van der Waals surface area contributed by atoms with Crippen molar-refractivity contribution >= 4 is 0 Å². The molecule has 0 unspecified atom stereocenters. The van der Waals surface area contributed by atoms with Gasteiger partial charge in [-0.15, -0.1) is 53.1 Å². The number of aryl methyl sites for hydroxylation is 2. The van der Waals surface area contributed by atoms with Crippen LogP contribution in [0.15, 0.2) is 91.4 Å². The molecule has 3 nitrogen and oxygen atoms in total. The number of pyridine rings is 3. The Kier molecular flexibility index (Phi) is 7.59. The van der Waals surface area contributed by atoms with E-state index in [-0.39, 0.29) is 25.5 Å². The SMILES string of the molecule is Cc1ccc(-c2[c-]cccc2)nc1.Cc1ccn[c-]c1-c1cc2c(cn1)-c1ccccc1C2(C)C.[Ir]. The zero-order valence-corrected chi connectivity index (χ0v) is 23.2. The number of hydrogen-bond acceptors (Lipinski definition) is 3. The van der Waals surface area contributed by atoms with Gasteiger partial charge in [-0.05, 0) is 46.8 Å². The van der Waals surface area contributed by atoms with Crippen LogP contribution in [0.1, 0.15) is 36.1 Å². The summed E-state index contributed by atoms with van der Waals surface area (Å²) in [7, 11) is 0. The van der Waals surface area contributed by atoms with Gasteiger partial charge in [-0.1, -0.05) is 69.4 Å². The molecule has 0 amide bonds. The van der Waals surface area contributed by atoms with Crippen molar-refractivity contribution in [3.63, 3.8) is 0 Å². The van der Waals surface area contributed by atoms with Gasteiger partial charge in [-0.25, -0.2) is 0 Å². The Labute approximate surface area is 227 Å². The van der Waals surface area contributed by atoms with Crippen LogP contribution in [0.4, 0.5) is 0 Å². The van der Waals surface area contributed by atoms with E-state index in [9.17, 15) is 0 Å². The maximum atomic E-state index is 4.67. The van der Waals surface area contributed by atoms with Crippen LogP contribution in [-0.4, -0.2) is 15.0 Å². The van der Waals surface area contributed by atoms with E-state index in [0.717, 1.165) is 28.1 Å². The first kappa shape index (κ1) is 25.6. The van der Waals surface area contributed by atoms with Gasteiger partial charge in [0.1, 0.15) is 0 Å². The molecule has 3 heterocycles. The molecule has 0 fully saturated rings. The van der Waals surface area contributed by atoms with Crippen LogP contribution in [0.25, 0.3) is 33.6 Å². The van der Waals surface area contributed by atoms with Gasteiger partial charge in [0.2, 0.25) is 0 Å². The molecule has 4 heteroatoms. The van der Waals surface area contributed by atoms with Gasteiger partial charge in [0.15, 0.2) is 0 Å². The van der Waals surface area contributed by atoms with Crippen molar-refractivity contribution in [1.82, 2.24) is 15.0 Å². The van der Waals surface area contributed by atoms with Crippen molar-refractivity contribution in [1.29, 1.82) is 0 Å². The van der Waals surface area contributed by atoms with Gasteiger partial charge in [-0.3, -0.25) is 0 Å². The molecular formula is C32H27IrN3-2. The fraction of sp³-hybridized carbons (Fsp3) is 0.156. The van der Waals surface area contributed by atoms with Crippen LogP contribution < -0.4 is 0 Å². The van der Waals surface area contributed by atoms with E-state index in [2.05, 4.69) is 84.4 Å². The Hall–Kier alpha value is -3.46. The topological polar surface area (TPSA) is 38.7 Å². The molecule has 0 atom stereocenters. The summed E-state index contributed by atoms with van der Waals surface area (Å²) in [5, 5.41) is 0. The molecule has 1 aliphatic rings. The molecule has 3 aromatic heterocycles. The molecule has 0 saturated heterocycles. The zero-order chi connectivity index (χ0) is 24.4. The van der Waals surface area contributed by atoms with Crippen molar-refractivity contribution in [2.24, 2.45) is 0 Å². The molecule has 0 bridgehead atoms. The Balaban J connectivity index is 0.000000187. The predicted octanol–water partition coefficient (Wildman–Crippen LogP) is 7.41. The summed E-state index contributed by atoms with van der Waals surface area (Å²) >= 11 is 0. The van der Waals surface area contributed by atoms with E-state index in [4.69, 9.17) is 0 Å². The fourth-order valence-electron chi connectivity index (χ4n) is 4.59. The minimum atomic E-state index is -0.000268. The third-order valence-electron chi connectivity index (χ3n) is 6.59. The van der Waals surface area contributed by atoms with Gasteiger partial charge >= 0.3 is 0 Å². The van der Waals surface area contributed by atoms with Crippen LogP contribution in [0, 0.1) is 26.1 Å². The summed E-state index contributed by atoms with van der Waals surface area (Å²) in [6, 6.07) is 27.9. The summed E-state index contributed by atoms with van der Waals surface area (Å²) in [5.74, 6) is 0. The average molecular weight is 646 g/mol. The molecule has 0 saturated carbocycles. The average Bonchev–Trinajstić information content (AvgIpc) is 3.12. The fourth-order valence-corrected chi connectivity index (χ4v) is 4.59. The summed E-state index contributed by atoms with van der Waals surface area (Å²) < 4.78 is 0. The molecule has 5 aromatic rings. The van der Waals surface area contributed by atoms with Gasteiger partial charge in [0, 0.05) is 43.5 Å². The van der Waals surface area contributed by atoms with Crippen molar-refractivity contribution in [2.45, 2.75) is 33.1 Å². The number of fused-ring (bicyclic) bond motifs is 3. The number of nitrogens with zero attached hydrogens (tertiary/aromatic N) is 3. The largest absolute Gasteiger partial charge is 0.360 e. The summed E-state index contributed by atoms with van der Waals surface area (Å²) in [6.07, 6.45) is 8.72. The molecule has 1 aliphatic carbocycles. The standard InChI is InChI=1S/C20H17N2.C12H10N.Ir/c1-13-8-9-21-11-15(13)19-10-18-16(12-22-19)14-6-4-5-7-17(14)20(18,2)3;1-10-7-8-12(13-9-10)11-5-3-2-4-6-11;/h4-10,12H,1-3H3;2-5,7-9H,1H3;/q2*-1;. The number of rotatable bonds is 2. The molecule has 0 spiro atoms. The van der Waals surface area contributed by atoms with Crippen LogP contribution in [0.5, 0.6) is 0 Å². The monoisotopic (exact) mass is 646 g/mol. The van der Waals surface area contributed by atoms with Gasteiger partial charge in [-0.2, -0.15) is 0 Å². The first-order chi connectivity index (χ1) is 16.9. The number of aromatic nitrogens is 3. The zero-order valence-electron chi connectivity index (χ0n) is 20.8. The van der Waals surface area contributed by atoms with Crippen molar-refractivity contribution in [2.75, 3.05) is 0 Å². The summed E-state index contributed by atoms with van der Waals surface area (Å²) in [6.45, 7) is 8.66. The van der Waals surface area contributed by atoms with Gasteiger partial charge in [0.05, 0.1) is 0 Å². The molecule has 6 rings (SSSR count). The summed E-state index contributed by atoms with van der Waals surface area (Å²) in [5.41, 5.74) is 11.5. The third kappa shape index (κ3) is 4.93. The first-order valence-electron chi connectivity index (χ1n) is 11.8. The van der Waals surface area contributed by atoms with Crippen LogP contribution in [0.2, 0.25) is 0 Å². The van der Waals surface area contributed by atoms with E-state index < -0.39 is 0 Å². The van der Waals surface area contributed by atoms with Crippen LogP contribution >= 0.6 is 0 Å². The minimum Gasteiger partial charge on any atom is -0.360 e. The maximum Gasteiger partial charge on any atom is 0.0242 e. The third-order valence-corrected chi connectivity index (χ3v) is 6.59. The Morgan fingerprint density at radius 3 is 2.25 bits per heavy atom. The van der Waals surface area contributed by atoms with Crippen LogP contribution in [0.3, 0.4) is 0 Å². The van der Waals surface area contributed by atoms with E-state index in [1.807, 2.05) is 55.7 Å². The minimum absolute atomic E-state index is 0. The molecule has 36 heavy (non-hydrogen) atoms. The van der Waals surface area contributed by atoms with E-state index >= 15 is 0 Å². The molecule has 0 N–H and O–H groups in total. The Morgan fingerprint density at radius 1 is 0.750 bits per heavy atom. The Bertz CT molecular complexity index is 1480. The van der Waals surface area contributed by atoms with E-state index in [1.54, 1.807) is 6.20 Å². The maximum absolute atomic E-state index is 4.67. The van der Waals surface area contributed by atoms with E-state index in [0.29, 0.717) is 0 Å². The van der Waals surface area contributed by atoms with Crippen molar-refractivity contribution < 1.29 is 20.1 Å². The number of benzene rings is 2. The second-order valence-corrected chi connectivity index (χ2v) is 9.40. The van der Waals surface area contributed by atoms with Crippen molar-refractivity contribution in [3.8, 4) is 33.6 Å². The molecule has 0 aliphatic heterocycles. The van der Waals surface area contributed by atoms with Gasteiger partial charge < -0.3 is 15.0 Å². The quantitative estimate of drug-likeness (QED) is 0.188. The number of hydrogen-bond donors (Lipinski definition) is 0. The van der Waals surface area contributed by atoms with Crippen molar-refractivity contribution in [3.05, 3.63) is 126 Å². The van der Waals surface area contributed by atoms with Crippen LogP contribution in [-0.2, 0) is 25.5 Å². The molecular weight excluding hydrogens is 619 g/mol. The first-order valence-corrected chi connectivity index (χ1v) is 11.8. The normalized spacial score (nSPS) is 12.4. The second kappa shape index (κ2) is 10.7. The molecule has 1 radical (unpaired) electrons. The second-order valence-electron chi connectivity index (χ2n) is 9.40. The molecule has 181 valence electrons. The Morgan fingerprint density at radius 2 is 1.53 bits per heavy atom. The predicted molar refractivity (Wildman–Crippen MR) is 142 cm³/mol. The van der Waals surface area contributed by atoms with Gasteiger partial charge in [0.25, 0.3) is 0 Å².